The van der Waals surface area contributed by atoms with E-state index in [0.717, 1.165) is 12.1 Å². The number of nitrogens with zero attached hydrogens (tertiary/aromatic N) is 2. The van der Waals surface area contributed by atoms with E-state index in [0.29, 0.717) is 5.69 Å². The molecule has 0 aliphatic heterocycles. The Bertz CT molecular complexity index is 908. The highest BCUT2D eigenvalue weighted by Crippen LogP contribution is 2.30. The average molecular weight is 338 g/mol. The molecule has 2 N–H and O–H groups in total. The molecule has 1 heterocycles. The maximum atomic E-state index is 12.6. The van der Waals surface area contributed by atoms with Gasteiger partial charge in [0, 0.05) is 22.6 Å². The Kier molecular flexibility index (Phi) is 3.72. The lowest BCUT2D eigenvalue weighted by Gasteiger charge is -2.10. The van der Waals surface area contributed by atoms with E-state index in [1.165, 1.54) is 30.3 Å². The maximum Gasteiger partial charge on any atom is 0.416 e. The van der Waals surface area contributed by atoms with Gasteiger partial charge in [-0.1, -0.05) is 6.07 Å². The summed E-state index contributed by atoms with van der Waals surface area (Å²) in [6.07, 6.45) is -4.50. The largest absolute Gasteiger partial charge is 0.416 e. The Labute approximate surface area is 132 Å². The van der Waals surface area contributed by atoms with Crippen LogP contribution in [-0.4, -0.2) is 11.2 Å². The molecule has 2 aromatic carbocycles. The van der Waals surface area contributed by atoms with Gasteiger partial charge in [0.2, 0.25) is 5.52 Å². The number of carbonyl (C=O) groups is 1. The molecule has 24 heavy (non-hydrogen) atoms. The van der Waals surface area contributed by atoms with Crippen molar-refractivity contribution in [2.75, 3.05) is 10.6 Å². The zero-order valence-corrected chi connectivity index (χ0v) is 11.8. The third-order valence-corrected chi connectivity index (χ3v) is 3.09. The van der Waals surface area contributed by atoms with Crippen LogP contribution in [0.5, 0.6) is 0 Å². The molecule has 0 radical (unpaired) electrons. The summed E-state index contributed by atoms with van der Waals surface area (Å²) in [4.78, 5) is 12.1. The summed E-state index contributed by atoms with van der Waals surface area (Å²) in [5, 5.41) is 19.4. The van der Waals surface area contributed by atoms with E-state index in [-0.39, 0.29) is 21.6 Å². The van der Waals surface area contributed by atoms with Crippen LogP contribution in [0, 0.1) is 5.21 Å². The number of nitrogens with one attached hydrogen (secondary N) is 2. The van der Waals surface area contributed by atoms with Gasteiger partial charge in [-0.2, -0.15) is 13.2 Å². The van der Waals surface area contributed by atoms with Crippen LogP contribution in [0.25, 0.3) is 11.0 Å². The summed E-state index contributed by atoms with van der Waals surface area (Å²) in [5.41, 5.74) is -0.187. The topological polar surface area (TPSA) is 94.1 Å². The van der Waals surface area contributed by atoms with Crippen molar-refractivity contribution in [3.63, 3.8) is 0 Å². The van der Waals surface area contributed by atoms with Gasteiger partial charge in [-0.3, -0.25) is 4.63 Å². The van der Waals surface area contributed by atoms with E-state index >= 15 is 0 Å². The van der Waals surface area contributed by atoms with Gasteiger partial charge in [-0.15, -0.1) is 0 Å². The van der Waals surface area contributed by atoms with Gasteiger partial charge >= 0.3 is 12.2 Å². The van der Waals surface area contributed by atoms with Crippen molar-refractivity contribution in [3.05, 3.63) is 53.2 Å². The minimum Gasteiger partial charge on any atom is -0.359 e. The number of carbonyl (C=O) groups excluding carboxylic acids is 1. The standard InChI is InChI=1S/C14H9F3N4O3/c15-14(16,17)8-2-1-3-9(6-8)18-13(22)19-10-4-5-12-11(7-10)20-24-21(12)23/h1-7H,(H2,18,19,22). The summed E-state index contributed by atoms with van der Waals surface area (Å²) in [6, 6.07) is 7.70. The van der Waals surface area contributed by atoms with E-state index < -0.39 is 17.8 Å². The number of benzene rings is 2. The van der Waals surface area contributed by atoms with E-state index in [4.69, 9.17) is 0 Å². The summed E-state index contributed by atoms with van der Waals surface area (Å²) < 4.78 is 42.3. The number of halogens is 3. The summed E-state index contributed by atoms with van der Waals surface area (Å²) in [5.74, 6) is 0. The van der Waals surface area contributed by atoms with Gasteiger partial charge in [0.05, 0.1) is 5.56 Å². The summed E-state index contributed by atoms with van der Waals surface area (Å²) in [6.45, 7) is 0. The number of rotatable bonds is 2. The molecule has 0 bridgehead atoms. The van der Waals surface area contributed by atoms with Crippen LogP contribution in [0.3, 0.4) is 0 Å². The first-order chi connectivity index (χ1) is 11.3. The SMILES string of the molecule is O=C(Nc1cccc(C(F)(F)F)c1)Nc1ccc2c(c1)no[n+]2[O-]. The smallest absolute Gasteiger partial charge is 0.359 e. The fraction of sp³-hybridized carbons (Fsp3) is 0.0714. The highest BCUT2D eigenvalue weighted by Gasteiger charge is 2.30. The normalized spacial score (nSPS) is 11.5. The highest BCUT2D eigenvalue weighted by molar-refractivity contribution is 6.00. The Hall–Kier alpha value is -3.30. The van der Waals surface area contributed by atoms with Crippen LogP contribution >= 0.6 is 0 Å². The van der Waals surface area contributed by atoms with Crippen LogP contribution in [0.15, 0.2) is 47.1 Å². The van der Waals surface area contributed by atoms with Gasteiger partial charge in [-0.05, 0) is 35.2 Å². The molecule has 3 rings (SSSR count). The Morgan fingerprint density at radius 2 is 1.83 bits per heavy atom. The van der Waals surface area contributed by atoms with E-state index in [1.54, 1.807) is 0 Å². The quantitative estimate of drug-likeness (QED) is 0.702. The Morgan fingerprint density at radius 1 is 1.12 bits per heavy atom. The molecule has 0 aliphatic rings. The molecule has 0 unspecified atom stereocenters. The molecular formula is C14H9F3N4O3. The highest BCUT2D eigenvalue weighted by atomic mass is 19.4. The predicted molar refractivity (Wildman–Crippen MR) is 77.1 cm³/mol. The predicted octanol–water partition coefficient (Wildman–Crippen LogP) is 3.12. The lowest BCUT2D eigenvalue weighted by atomic mass is 10.2. The molecule has 0 aliphatic carbocycles. The summed E-state index contributed by atoms with van der Waals surface area (Å²) in [7, 11) is 0. The Balaban J connectivity index is 1.73. The number of anilines is 2. The molecule has 0 saturated heterocycles. The van der Waals surface area contributed by atoms with Crippen LogP contribution in [0.2, 0.25) is 0 Å². The van der Waals surface area contributed by atoms with Gasteiger partial charge in [-0.25, -0.2) is 4.79 Å². The molecule has 3 aromatic rings. The molecule has 0 saturated carbocycles. The third kappa shape index (κ3) is 3.21. The molecular weight excluding hydrogens is 329 g/mol. The number of alkyl halides is 3. The van der Waals surface area contributed by atoms with Crippen LogP contribution < -0.4 is 15.5 Å². The zero-order valence-electron chi connectivity index (χ0n) is 11.8. The number of amides is 2. The van der Waals surface area contributed by atoms with Gasteiger partial charge in [0.15, 0.2) is 0 Å². The van der Waals surface area contributed by atoms with Gasteiger partial charge in [0.25, 0.3) is 5.52 Å². The first-order valence-electron chi connectivity index (χ1n) is 6.58. The second-order valence-corrected chi connectivity index (χ2v) is 4.79. The average Bonchev–Trinajstić information content (AvgIpc) is 2.87. The second-order valence-electron chi connectivity index (χ2n) is 4.79. The van der Waals surface area contributed by atoms with Crippen molar-refractivity contribution < 1.29 is 27.5 Å². The van der Waals surface area contributed by atoms with E-state index in [2.05, 4.69) is 20.4 Å². The zero-order chi connectivity index (χ0) is 17.3. The first-order valence-corrected chi connectivity index (χ1v) is 6.58. The number of hydrogen-bond donors (Lipinski definition) is 2. The van der Waals surface area contributed by atoms with Crippen molar-refractivity contribution in [2.45, 2.75) is 6.18 Å². The lowest BCUT2D eigenvalue weighted by molar-refractivity contribution is -0.782. The number of fused-ring (bicyclic) bond motifs is 1. The van der Waals surface area contributed by atoms with Crippen molar-refractivity contribution in [3.8, 4) is 0 Å². The van der Waals surface area contributed by atoms with Crippen LogP contribution in [0.4, 0.5) is 29.3 Å². The van der Waals surface area contributed by atoms with Gasteiger partial charge < -0.3 is 15.8 Å². The second kappa shape index (κ2) is 5.72. The van der Waals surface area contributed by atoms with Crippen molar-refractivity contribution in [1.29, 1.82) is 0 Å². The number of hydrogen-bond acceptors (Lipinski definition) is 4. The monoisotopic (exact) mass is 338 g/mol. The molecule has 10 heteroatoms. The fourth-order valence-electron chi connectivity index (χ4n) is 2.02. The van der Waals surface area contributed by atoms with Crippen molar-refractivity contribution >= 4 is 28.4 Å². The molecule has 0 fully saturated rings. The molecule has 124 valence electrons. The molecule has 0 atom stereocenters. The summed E-state index contributed by atoms with van der Waals surface area (Å²) >= 11 is 0. The lowest BCUT2D eigenvalue weighted by Crippen LogP contribution is -2.22. The first kappa shape index (κ1) is 15.6. The maximum absolute atomic E-state index is 12.6. The van der Waals surface area contributed by atoms with Crippen LogP contribution in [0.1, 0.15) is 5.56 Å². The third-order valence-electron chi connectivity index (χ3n) is 3.09. The van der Waals surface area contributed by atoms with E-state index in [9.17, 15) is 23.2 Å². The number of urea groups is 1. The van der Waals surface area contributed by atoms with E-state index in [1.807, 2.05) is 0 Å². The molecule has 2 amide bonds. The fourth-order valence-corrected chi connectivity index (χ4v) is 2.02. The van der Waals surface area contributed by atoms with Crippen LogP contribution in [-0.2, 0) is 6.18 Å². The minimum atomic E-state index is -4.50. The number of aromatic nitrogens is 2. The Morgan fingerprint density at radius 3 is 2.54 bits per heavy atom. The molecule has 7 nitrogen and oxygen atoms in total. The minimum absolute atomic E-state index is 0.0118. The van der Waals surface area contributed by atoms with Gasteiger partial charge in [0.1, 0.15) is 0 Å². The van der Waals surface area contributed by atoms with Crippen molar-refractivity contribution in [2.24, 2.45) is 0 Å². The van der Waals surface area contributed by atoms with Crippen molar-refractivity contribution in [1.82, 2.24) is 5.16 Å². The molecule has 0 spiro atoms. The molecule has 1 aromatic heterocycles.